The molecule has 0 radical (unpaired) electrons. The Morgan fingerprint density at radius 1 is 1.13 bits per heavy atom. The SMILES string of the molecule is Cc1cc(N(C)CCN(C)C)ccc1N. The maximum atomic E-state index is 5.78. The second kappa shape index (κ2) is 5.03. The highest BCUT2D eigenvalue weighted by Crippen LogP contribution is 2.19. The van der Waals surface area contributed by atoms with Gasteiger partial charge < -0.3 is 15.5 Å². The summed E-state index contributed by atoms with van der Waals surface area (Å²) in [6.07, 6.45) is 0. The van der Waals surface area contributed by atoms with Crippen molar-refractivity contribution in [1.29, 1.82) is 0 Å². The fourth-order valence-electron chi connectivity index (χ4n) is 1.38. The molecule has 1 rings (SSSR count). The Hall–Kier alpha value is -1.22. The Balaban J connectivity index is 2.65. The number of likely N-dealkylation sites (N-methyl/N-ethyl adjacent to an activating group) is 2. The van der Waals surface area contributed by atoms with Gasteiger partial charge in [0.05, 0.1) is 0 Å². The normalized spacial score (nSPS) is 10.7. The van der Waals surface area contributed by atoms with Crippen LogP contribution in [0.15, 0.2) is 18.2 Å². The Morgan fingerprint density at radius 3 is 2.33 bits per heavy atom. The van der Waals surface area contributed by atoms with Gasteiger partial charge in [-0.3, -0.25) is 0 Å². The van der Waals surface area contributed by atoms with Crippen LogP contribution in [0.2, 0.25) is 0 Å². The highest BCUT2D eigenvalue weighted by molar-refractivity contribution is 5.57. The van der Waals surface area contributed by atoms with Gasteiger partial charge in [0.25, 0.3) is 0 Å². The lowest BCUT2D eigenvalue weighted by molar-refractivity contribution is 0.416. The Kier molecular flexibility index (Phi) is 3.97. The molecule has 1 aromatic rings. The Labute approximate surface area is 92.5 Å². The molecular formula is C12H21N3. The second-order valence-corrected chi connectivity index (χ2v) is 4.27. The van der Waals surface area contributed by atoms with Gasteiger partial charge >= 0.3 is 0 Å². The molecule has 0 heterocycles. The smallest absolute Gasteiger partial charge is 0.0368 e. The van der Waals surface area contributed by atoms with Crippen LogP contribution in [0.5, 0.6) is 0 Å². The summed E-state index contributed by atoms with van der Waals surface area (Å²) in [6.45, 7) is 4.12. The molecule has 0 unspecified atom stereocenters. The molecule has 0 aliphatic rings. The molecule has 3 nitrogen and oxygen atoms in total. The molecule has 84 valence electrons. The zero-order valence-corrected chi connectivity index (χ0v) is 10.1. The lowest BCUT2D eigenvalue weighted by atomic mass is 10.2. The number of nitrogen functional groups attached to an aromatic ring is 1. The summed E-state index contributed by atoms with van der Waals surface area (Å²) in [5, 5.41) is 0. The topological polar surface area (TPSA) is 32.5 Å². The van der Waals surface area contributed by atoms with Gasteiger partial charge in [0.15, 0.2) is 0 Å². The monoisotopic (exact) mass is 207 g/mol. The van der Waals surface area contributed by atoms with E-state index in [9.17, 15) is 0 Å². The van der Waals surface area contributed by atoms with Crippen molar-refractivity contribution in [3.8, 4) is 0 Å². The van der Waals surface area contributed by atoms with Crippen LogP contribution in [-0.4, -0.2) is 39.1 Å². The number of benzene rings is 1. The minimum atomic E-state index is 0.861. The molecule has 0 saturated carbocycles. The molecular weight excluding hydrogens is 186 g/mol. The van der Waals surface area contributed by atoms with E-state index in [4.69, 9.17) is 5.73 Å². The van der Waals surface area contributed by atoms with E-state index >= 15 is 0 Å². The first-order chi connectivity index (χ1) is 7.00. The van der Waals surface area contributed by atoms with Crippen LogP contribution < -0.4 is 10.6 Å². The first-order valence-corrected chi connectivity index (χ1v) is 5.22. The maximum Gasteiger partial charge on any atom is 0.0368 e. The number of rotatable bonds is 4. The van der Waals surface area contributed by atoms with Crippen LogP contribution in [0.4, 0.5) is 11.4 Å². The molecule has 3 heteroatoms. The van der Waals surface area contributed by atoms with E-state index in [1.165, 1.54) is 5.69 Å². The summed E-state index contributed by atoms with van der Waals surface area (Å²) in [4.78, 5) is 4.42. The largest absolute Gasteiger partial charge is 0.399 e. The van der Waals surface area contributed by atoms with Crippen LogP contribution in [0.25, 0.3) is 0 Å². The van der Waals surface area contributed by atoms with Gasteiger partial charge in [-0.25, -0.2) is 0 Å². The quantitative estimate of drug-likeness (QED) is 0.761. The van der Waals surface area contributed by atoms with Crippen LogP contribution in [0, 0.1) is 6.92 Å². The third-order valence-corrected chi connectivity index (χ3v) is 2.58. The Morgan fingerprint density at radius 2 is 1.80 bits per heavy atom. The molecule has 0 bridgehead atoms. The van der Waals surface area contributed by atoms with E-state index in [2.05, 4.69) is 43.1 Å². The maximum absolute atomic E-state index is 5.78. The molecule has 0 aromatic heterocycles. The van der Waals surface area contributed by atoms with Crippen molar-refractivity contribution in [2.75, 3.05) is 44.9 Å². The first-order valence-electron chi connectivity index (χ1n) is 5.22. The summed E-state index contributed by atoms with van der Waals surface area (Å²) < 4.78 is 0. The number of aryl methyl sites for hydroxylation is 1. The lowest BCUT2D eigenvalue weighted by Gasteiger charge is -2.22. The minimum Gasteiger partial charge on any atom is -0.399 e. The van der Waals surface area contributed by atoms with Crippen LogP contribution >= 0.6 is 0 Å². The molecule has 0 fully saturated rings. The highest BCUT2D eigenvalue weighted by atomic mass is 15.1. The van der Waals surface area contributed by atoms with Crippen molar-refractivity contribution in [2.45, 2.75) is 6.92 Å². The predicted molar refractivity (Wildman–Crippen MR) is 67.4 cm³/mol. The molecule has 15 heavy (non-hydrogen) atoms. The summed E-state index contributed by atoms with van der Waals surface area (Å²) in [7, 11) is 6.28. The average molecular weight is 207 g/mol. The number of hydrogen-bond donors (Lipinski definition) is 1. The van der Waals surface area contributed by atoms with Crippen molar-refractivity contribution in [3.05, 3.63) is 23.8 Å². The van der Waals surface area contributed by atoms with Gasteiger partial charge in [-0.15, -0.1) is 0 Å². The van der Waals surface area contributed by atoms with Crippen LogP contribution in [-0.2, 0) is 0 Å². The third kappa shape index (κ3) is 3.44. The van der Waals surface area contributed by atoms with Gasteiger partial charge in [-0.05, 0) is 44.8 Å². The average Bonchev–Trinajstić information content (AvgIpc) is 2.18. The molecule has 0 saturated heterocycles. The van der Waals surface area contributed by atoms with E-state index in [1.54, 1.807) is 0 Å². The van der Waals surface area contributed by atoms with Gasteiger partial charge in [-0.1, -0.05) is 0 Å². The van der Waals surface area contributed by atoms with E-state index in [0.29, 0.717) is 0 Å². The van der Waals surface area contributed by atoms with Crippen molar-refractivity contribution in [2.24, 2.45) is 0 Å². The summed E-state index contributed by atoms with van der Waals surface area (Å²) in [5.74, 6) is 0. The summed E-state index contributed by atoms with van der Waals surface area (Å²) >= 11 is 0. The van der Waals surface area contributed by atoms with E-state index < -0.39 is 0 Å². The number of hydrogen-bond acceptors (Lipinski definition) is 3. The third-order valence-electron chi connectivity index (χ3n) is 2.58. The Bertz CT molecular complexity index is 321. The molecule has 0 amide bonds. The molecule has 0 atom stereocenters. The van der Waals surface area contributed by atoms with E-state index in [-0.39, 0.29) is 0 Å². The molecule has 0 aliphatic carbocycles. The van der Waals surface area contributed by atoms with Crippen LogP contribution in [0.1, 0.15) is 5.56 Å². The van der Waals surface area contributed by atoms with Gasteiger partial charge in [0.2, 0.25) is 0 Å². The molecule has 0 spiro atoms. The number of nitrogens with two attached hydrogens (primary N) is 1. The fourth-order valence-corrected chi connectivity index (χ4v) is 1.38. The predicted octanol–water partition coefficient (Wildman–Crippen LogP) is 1.58. The van der Waals surface area contributed by atoms with Crippen LogP contribution in [0.3, 0.4) is 0 Å². The second-order valence-electron chi connectivity index (χ2n) is 4.27. The zero-order valence-electron chi connectivity index (χ0n) is 10.1. The standard InChI is InChI=1S/C12H21N3/c1-10-9-11(5-6-12(10)13)15(4)8-7-14(2)3/h5-6,9H,7-8,13H2,1-4H3. The molecule has 0 aliphatic heterocycles. The van der Waals surface area contributed by atoms with E-state index in [1.807, 2.05) is 13.0 Å². The summed E-state index contributed by atoms with van der Waals surface area (Å²) in [6, 6.07) is 6.17. The van der Waals surface area contributed by atoms with Crippen molar-refractivity contribution in [3.63, 3.8) is 0 Å². The first kappa shape index (κ1) is 11.9. The van der Waals surface area contributed by atoms with Gasteiger partial charge in [0.1, 0.15) is 0 Å². The fraction of sp³-hybridized carbons (Fsp3) is 0.500. The molecule has 1 aromatic carbocycles. The van der Waals surface area contributed by atoms with Crippen molar-refractivity contribution < 1.29 is 0 Å². The van der Waals surface area contributed by atoms with Gasteiger partial charge in [-0.2, -0.15) is 0 Å². The molecule has 2 N–H and O–H groups in total. The van der Waals surface area contributed by atoms with Crippen molar-refractivity contribution in [1.82, 2.24) is 4.90 Å². The minimum absolute atomic E-state index is 0.861. The van der Waals surface area contributed by atoms with Gasteiger partial charge in [0, 0.05) is 31.5 Å². The van der Waals surface area contributed by atoms with E-state index in [0.717, 1.165) is 24.3 Å². The lowest BCUT2D eigenvalue weighted by Crippen LogP contribution is -2.28. The number of anilines is 2. The number of nitrogens with zero attached hydrogens (tertiary/aromatic N) is 2. The van der Waals surface area contributed by atoms with Crippen molar-refractivity contribution >= 4 is 11.4 Å². The zero-order chi connectivity index (χ0) is 11.4. The summed E-state index contributed by atoms with van der Waals surface area (Å²) in [5.41, 5.74) is 9.01. The highest BCUT2D eigenvalue weighted by Gasteiger charge is 2.02.